The third kappa shape index (κ3) is 3.82. The largest absolute Gasteiger partial charge is 0.480 e. The molecule has 1 atom stereocenters. The number of likely N-dealkylation sites (N-methyl/N-ethyl adjacent to an activating group) is 1. The van der Waals surface area contributed by atoms with E-state index in [1.165, 1.54) is 0 Å². The van der Waals surface area contributed by atoms with Gasteiger partial charge in [0.25, 0.3) is 0 Å². The molecular formula is C12H25NO2. The average molecular weight is 215 g/mol. The van der Waals surface area contributed by atoms with Crippen molar-refractivity contribution in [1.82, 2.24) is 4.90 Å². The van der Waals surface area contributed by atoms with Crippen molar-refractivity contribution >= 4 is 5.97 Å². The summed E-state index contributed by atoms with van der Waals surface area (Å²) in [6.45, 7) is 11.7. The van der Waals surface area contributed by atoms with E-state index in [9.17, 15) is 9.90 Å². The average Bonchev–Trinajstić information content (AvgIpc) is 2.16. The topological polar surface area (TPSA) is 40.5 Å². The SMILES string of the molecule is CCN(CC)C(C)(CCC(C)C)C(=O)O. The Hall–Kier alpha value is -0.570. The van der Waals surface area contributed by atoms with Gasteiger partial charge in [-0.2, -0.15) is 0 Å². The van der Waals surface area contributed by atoms with E-state index < -0.39 is 11.5 Å². The first kappa shape index (κ1) is 14.4. The third-order valence-corrected chi connectivity index (χ3v) is 3.13. The lowest BCUT2D eigenvalue weighted by molar-refractivity contribution is -0.151. The summed E-state index contributed by atoms with van der Waals surface area (Å²) in [5, 5.41) is 9.34. The monoisotopic (exact) mass is 215 g/mol. The van der Waals surface area contributed by atoms with Gasteiger partial charge < -0.3 is 5.11 Å². The highest BCUT2D eigenvalue weighted by atomic mass is 16.4. The van der Waals surface area contributed by atoms with Crippen molar-refractivity contribution in [2.24, 2.45) is 5.92 Å². The highest BCUT2D eigenvalue weighted by molar-refractivity contribution is 5.78. The second-order valence-corrected chi connectivity index (χ2v) is 4.68. The first-order chi connectivity index (χ1) is 6.88. The van der Waals surface area contributed by atoms with Crippen LogP contribution in [0.5, 0.6) is 0 Å². The highest BCUT2D eigenvalue weighted by Crippen LogP contribution is 2.23. The number of carboxylic acids is 1. The number of rotatable bonds is 7. The molecule has 0 spiro atoms. The number of carbonyl (C=O) groups is 1. The maximum Gasteiger partial charge on any atom is 0.323 e. The zero-order valence-corrected chi connectivity index (χ0v) is 10.7. The van der Waals surface area contributed by atoms with Gasteiger partial charge in [-0.15, -0.1) is 0 Å². The number of hydrogen-bond donors (Lipinski definition) is 1. The van der Waals surface area contributed by atoms with Gasteiger partial charge in [-0.05, 0) is 38.8 Å². The molecule has 0 amide bonds. The Morgan fingerprint density at radius 1 is 1.33 bits per heavy atom. The van der Waals surface area contributed by atoms with Gasteiger partial charge in [0.05, 0.1) is 0 Å². The molecule has 3 nitrogen and oxygen atoms in total. The molecule has 0 saturated carbocycles. The fraction of sp³-hybridized carbons (Fsp3) is 0.917. The van der Waals surface area contributed by atoms with Gasteiger partial charge >= 0.3 is 5.97 Å². The van der Waals surface area contributed by atoms with Gasteiger partial charge in [-0.25, -0.2) is 0 Å². The molecule has 0 radical (unpaired) electrons. The molecule has 15 heavy (non-hydrogen) atoms. The van der Waals surface area contributed by atoms with Crippen molar-refractivity contribution in [3.05, 3.63) is 0 Å². The zero-order chi connectivity index (χ0) is 12.1. The van der Waals surface area contributed by atoms with Crippen molar-refractivity contribution < 1.29 is 9.90 Å². The molecule has 90 valence electrons. The summed E-state index contributed by atoms with van der Waals surface area (Å²) in [4.78, 5) is 13.4. The van der Waals surface area contributed by atoms with Gasteiger partial charge in [0.1, 0.15) is 5.54 Å². The lowest BCUT2D eigenvalue weighted by atomic mass is 9.90. The van der Waals surface area contributed by atoms with Gasteiger partial charge in [0.15, 0.2) is 0 Å². The predicted molar refractivity (Wildman–Crippen MR) is 63.0 cm³/mol. The Balaban J connectivity index is 4.64. The minimum Gasteiger partial charge on any atom is -0.480 e. The van der Waals surface area contributed by atoms with Crippen LogP contribution < -0.4 is 0 Å². The van der Waals surface area contributed by atoms with E-state index in [0.717, 1.165) is 25.9 Å². The van der Waals surface area contributed by atoms with Crippen molar-refractivity contribution in [1.29, 1.82) is 0 Å². The second kappa shape index (κ2) is 6.11. The van der Waals surface area contributed by atoms with Crippen LogP contribution in [0.25, 0.3) is 0 Å². The van der Waals surface area contributed by atoms with E-state index in [-0.39, 0.29) is 0 Å². The van der Waals surface area contributed by atoms with Crippen LogP contribution in [0.4, 0.5) is 0 Å². The van der Waals surface area contributed by atoms with Crippen LogP contribution in [0.3, 0.4) is 0 Å². The number of nitrogens with zero attached hydrogens (tertiary/aromatic N) is 1. The molecule has 0 heterocycles. The normalized spacial score (nSPS) is 15.7. The van der Waals surface area contributed by atoms with Crippen LogP contribution in [-0.4, -0.2) is 34.6 Å². The van der Waals surface area contributed by atoms with E-state index in [4.69, 9.17) is 0 Å². The van der Waals surface area contributed by atoms with E-state index in [0.29, 0.717) is 5.92 Å². The summed E-state index contributed by atoms with van der Waals surface area (Å²) in [6.07, 6.45) is 1.68. The minimum atomic E-state index is -0.702. The van der Waals surface area contributed by atoms with Gasteiger partial charge in [-0.1, -0.05) is 27.7 Å². The molecule has 0 aliphatic heterocycles. The number of hydrogen-bond acceptors (Lipinski definition) is 2. The number of aliphatic carboxylic acids is 1. The standard InChI is InChI=1S/C12H25NO2/c1-6-13(7-2)12(5,11(14)15)9-8-10(3)4/h10H,6-9H2,1-5H3,(H,14,15). The Morgan fingerprint density at radius 3 is 2.07 bits per heavy atom. The molecule has 0 aromatic carbocycles. The molecule has 1 N–H and O–H groups in total. The van der Waals surface area contributed by atoms with Crippen LogP contribution in [-0.2, 0) is 4.79 Å². The maximum absolute atomic E-state index is 11.4. The first-order valence-corrected chi connectivity index (χ1v) is 5.86. The summed E-state index contributed by atoms with van der Waals surface area (Å²) in [6, 6.07) is 0. The van der Waals surface area contributed by atoms with E-state index >= 15 is 0 Å². The van der Waals surface area contributed by atoms with Crippen molar-refractivity contribution in [2.75, 3.05) is 13.1 Å². The summed E-state index contributed by atoms with van der Waals surface area (Å²) in [5.74, 6) is -0.147. The van der Waals surface area contributed by atoms with Crippen LogP contribution in [0.2, 0.25) is 0 Å². The van der Waals surface area contributed by atoms with E-state index in [1.807, 2.05) is 25.7 Å². The molecule has 1 unspecified atom stereocenters. The fourth-order valence-corrected chi connectivity index (χ4v) is 1.89. The molecule has 0 aliphatic rings. The lowest BCUT2D eigenvalue weighted by Crippen LogP contribution is -2.52. The zero-order valence-electron chi connectivity index (χ0n) is 10.7. The van der Waals surface area contributed by atoms with Gasteiger partial charge in [-0.3, -0.25) is 9.69 Å². The van der Waals surface area contributed by atoms with E-state index in [2.05, 4.69) is 13.8 Å². The molecule has 0 aromatic heterocycles. The molecule has 3 heteroatoms. The Kier molecular flexibility index (Phi) is 5.88. The first-order valence-electron chi connectivity index (χ1n) is 5.86. The van der Waals surface area contributed by atoms with Crippen LogP contribution in [0.1, 0.15) is 47.5 Å². The molecular weight excluding hydrogens is 190 g/mol. The molecule has 0 aliphatic carbocycles. The van der Waals surface area contributed by atoms with Crippen LogP contribution in [0, 0.1) is 5.92 Å². The Bertz CT molecular complexity index is 200. The predicted octanol–water partition coefficient (Wildman–Crippen LogP) is 2.61. The van der Waals surface area contributed by atoms with Crippen LogP contribution in [0.15, 0.2) is 0 Å². The quantitative estimate of drug-likeness (QED) is 0.709. The summed E-state index contributed by atoms with van der Waals surface area (Å²) in [7, 11) is 0. The minimum absolute atomic E-state index is 0.555. The molecule has 0 aromatic rings. The Labute approximate surface area is 93.5 Å². The molecule has 0 saturated heterocycles. The van der Waals surface area contributed by atoms with Crippen LogP contribution >= 0.6 is 0 Å². The fourth-order valence-electron chi connectivity index (χ4n) is 1.89. The van der Waals surface area contributed by atoms with E-state index in [1.54, 1.807) is 0 Å². The molecule has 0 bridgehead atoms. The van der Waals surface area contributed by atoms with Crippen molar-refractivity contribution in [2.45, 2.75) is 53.0 Å². The Morgan fingerprint density at radius 2 is 1.80 bits per heavy atom. The van der Waals surface area contributed by atoms with Crippen molar-refractivity contribution in [3.8, 4) is 0 Å². The van der Waals surface area contributed by atoms with Gasteiger partial charge in [0.2, 0.25) is 0 Å². The van der Waals surface area contributed by atoms with Crippen molar-refractivity contribution in [3.63, 3.8) is 0 Å². The van der Waals surface area contributed by atoms with Gasteiger partial charge in [0, 0.05) is 0 Å². The second-order valence-electron chi connectivity index (χ2n) is 4.68. The summed E-state index contributed by atoms with van der Waals surface area (Å²) >= 11 is 0. The molecule has 0 fully saturated rings. The summed E-state index contributed by atoms with van der Waals surface area (Å²) in [5.41, 5.74) is -0.701. The molecule has 0 rings (SSSR count). The maximum atomic E-state index is 11.4. The third-order valence-electron chi connectivity index (χ3n) is 3.13. The smallest absolute Gasteiger partial charge is 0.323 e. The lowest BCUT2D eigenvalue weighted by Gasteiger charge is -2.37. The highest BCUT2D eigenvalue weighted by Gasteiger charge is 2.37. The number of carboxylic acid groups (broad SMARTS) is 1. The summed E-state index contributed by atoms with van der Waals surface area (Å²) < 4.78 is 0.